The molecule has 1 heteroatoms. The molecular formula is C10H19N. The highest BCUT2D eigenvalue weighted by atomic mass is 15.2. The summed E-state index contributed by atoms with van der Waals surface area (Å²) in [5, 5.41) is 0. The molecule has 1 saturated heterocycles. The fraction of sp³-hybridized carbons (Fsp3) is 0.800. The van der Waals surface area contributed by atoms with Gasteiger partial charge < -0.3 is 4.90 Å². The predicted molar refractivity (Wildman–Crippen MR) is 49.4 cm³/mol. The van der Waals surface area contributed by atoms with E-state index < -0.39 is 0 Å². The van der Waals surface area contributed by atoms with Crippen LogP contribution < -0.4 is 0 Å². The number of nitrogens with zero attached hydrogens (tertiary/aromatic N) is 1. The third-order valence-corrected chi connectivity index (χ3v) is 2.51. The molecule has 1 atom stereocenters. The van der Waals surface area contributed by atoms with E-state index in [9.17, 15) is 0 Å². The van der Waals surface area contributed by atoms with Crippen molar-refractivity contribution in [2.45, 2.75) is 39.7 Å². The third kappa shape index (κ3) is 1.58. The quantitative estimate of drug-likeness (QED) is 0.517. The van der Waals surface area contributed by atoms with E-state index in [2.05, 4.69) is 39.2 Å². The Balaban J connectivity index is 2.70. The maximum absolute atomic E-state index is 4.11. The topological polar surface area (TPSA) is 3.24 Å². The molecular weight excluding hydrogens is 134 g/mol. The molecule has 1 unspecified atom stereocenters. The van der Waals surface area contributed by atoms with E-state index in [0.717, 1.165) is 0 Å². The maximum Gasteiger partial charge on any atom is 0.0314 e. The van der Waals surface area contributed by atoms with E-state index in [1.807, 2.05) is 0 Å². The van der Waals surface area contributed by atoms with Crippen molar-refractivity contribution < 1.29 is 0 Å². The highest BCUT2D eigenvalue weighted by Gasteiger charge is 2.30. The first-order valence-corrected chi connectivity index (χ1v) is 4.39. The van der Waals surface area contributed by atoms with Crippen LogP contribution in [0.25, 0.3) is 0 Å². The van der Waals surface area contributed by atoms with Gasteiger partial charge in [0.15, 0.2) is 0 Å². The zero-order valence-electron chi connectivity index (χ0n) is 8.15. The van der Waals surface area contributed by atoms with Crippen molar-refractivity contribution >= 4 is 0 Å². The van der Waals surface area contributed by atoms with E-state index in [4.69, 9.17) is 0 Å². The molecule has 1 fully saturated rings. The summed E-state index contributed by atoms with van der Waals surface area (Å²) in [6.45, 7) is 14.3. The Morgan fingerprint density at radius 3 is 2.18 bits per heavy atom. The normalized spacial score (nSPS) is 26.4. The van der Waals surface area contributed by atoms with Gasteiger partial charge >= 0.3 is 0 Å². The summed E-state index contributed by atoms with van der Waals surface area (Å²) < 4.78 is 0. The summed E-state index contributed by atoms with van der Waals surface area (Å²) in [5.74, 6) is 0.689. The van der Waals surface area contributed by atoms with Gasteiger partial charge in [0.1, 0.15) is 0 Å². The number of allylic oxidation sites excluding steroid dienone is 1. The van der Waals surface area contributed by atoms with E-state index >= 15 is 0 Å². The van der Waals surface area contributed by atoms with Crippen molar-refractivity contribution in [3.05, 3.63) is 12.3 Å². The van der Waals surface area contributed by atoms with E-state index in [1.165, 1.54) is 18.7 Å². The van der Waals surface area contributed by atoms with Crippen LogP contribution in [0, 0.1) is 5.92 Å². The molecule has 1 nitrogen and oxygen atoms in total. The van der Waals surface area contributed by atoms with Gasteiger partial charge in [-0.2, -0.15) is 0 Å². The Kier molecular flexibility index (Phi) is 2.00. The molecule has 1 heterocycles. The average molecular weight is 153 g/mol. The Morgan fingerprint density at radius 1 is 1.45 bits per heavy atom. The second kappa shape index (κ2) is 2.54. The first-order valence-electron chi connectivity index (χ1n) is 4.39. The lowest BCUT2D eigenvalue weighted by molar-refractivity contribution is 0.211. The lowest BCUT2D eigenvalue weighted by Crippen LogP contribution is -2.37. The number of hydrogen-bond donors (Lipinski definition) is 0. The zero-order chi connectivity index (χ0) is 8.65. The zero-order valence-corrected chi connectivity index (χ0v) is 8.15. The van der Waals surface area contributed by atoms with Gasteiger partial charge in [-0.05, 0) is 33.1 Å². The third-order valence-electron chi connectivity index (χ3n) is 2.51. The molecule has 1 aliphatic heterocycles. The van der Waals surface area contributed by atoms with Crippen LogP contribution in [0.5, 0.6) is 0 Å². The molecule has 0 amide bonds. The molecule has 0 aromatic carbocycles. The summed E-state index contributed by atoms with van der Waals surface area (Å²) in [7, 11) is 0. The molecule has 1 aliphatic rings. The van der Waals surface area contributed by atoms with Gasteiger partial charge in [0.05, 0.1) is 0 Å². The fourth-order valence-corrected chi connectivity index (χ4v) is 1.67. The second-order valence-electron chi connectivity index (χ2n) is 4.50. The number of hydrogen-bond acceptors (Lipinski definition) is 1. The van der Waals surface area contributed by atoms with Crippen molar-refractivity contribution in [1.82, 2.24) is 4.90 Å². The highest BCUT2D eigenvalue weighted by molar-refractivity contribution is 5.08. The minimum Gasteiger partial charge on any atom is -0.370 e. The predicted octanol–water partition coefficient (Wildman–Crippen LogP) is 2.64. The molecule has 0 aromatic heterocycles. The van der Waals surface area contributed by atoms with Gasteiger partial charge in [-0.1, -0.05) is 13.5 Å². The second-order valence-corrected chi connectivity index (χ2v) is 4.50. The molecule has 0 aliphatic carbocycles. The largest absolute Gasteiger partial charge is 0.370 e. The summed E-state index contributed by atoms with van der Waals surface area (Å²) in [6.07, 6.45) is 1.27. The lowest BCUT2D eigenvalue weighted by Gasteiger charge is -2.35. The number of rotatable bonds is 0. The van der Waals surface area contributed by atoms with Crippen LogP contribution >= 0.6 is 0 Å². The molecule has 1 rings (SSSR count). The molecule has 0 radical (unpaired) electrons. The molecule has 0 spiro atoms. The van der Waals surface area contributed by atoms with Crippen LogP contribution in [-0.4, -0.2) is 17.0 Å². The van der Waals surface area contributed by atoms with Gasteiger partial charge in [0, 0.05) is 17.8 Å². The Morgan fingerprint density at radius 2 is 2.00 bits per heavy atom. The van der Waals surface area contributed by atoms with Crippen LogP contribution in [-0.2, 0) is 0 Å². The lowest BCUT2D eigenvalue weighted by atomic mass is 10.1. The van der Waals surface area contributed by atoms with Gasteiger partial charge in [0.25, 0.3) is 0 Å². The van der Waals surface area contributed by atoms with Crippen molar-refractivity contribution in [1.29, 1.82) is 0 Å². The minimum atomic E-state index is 0.266. The Bertz CT molecular complexity index is 164. The highest BCUT2D eigenvalue weighted by Crippen LogP contribution is 2.31. The maximum atomic E-state index is 4.11. The molecule has 0 saturated carbocycles. The van der Waals surface area contributed by atoms with Gasteiger partial charge in [-0.3, -0.25) is 0 Å². The van der Waals surface area contributed by atoms with Crippen LogP contribution in [0.1, 0.15) is 34.1 Å². The molecule has 64 valence electrons. The van der Waals surface area contributed by atoms with Crippen molar-refractivity contribution in [2.24, 2.45) is 5.92 Å². The van der Waals surface area contributed by atoms with Gasteiger partial charge in [-0.15, -0.1) is 0 Å². The van der Waals surface area contributed by atoms with Gasteiger partial charge in [-0.25, -0.2) is 0 Å². The first kappa shape index (κ1) is 8.63. The van der Waals surface area contributed by atoms with E-state index in [1.54, 1.807) is 0 Å². The van der Waals surface area contributed by atoms with Crippen molar-refractivity contribution in [2.75, 3.05) is 6.54 Å². The van der Waals surface area contributed by atoms with Crippen molar-refractivity contribution in [3.8, 4) is 0 Å². The Labute approximate surface area is 70.1 Å². The van der Waals surface area contributed by atoms with E-state index in [0.29, 0.717) is 5.92 Å². The number of likely N-dealkylation sites (tertiary alicyclic amines) is 1. The summed E-state index contributed by atoms with van der Waals surface area (Å²) in [6, 6.07) is 0. The smallest absolute Gasteiger partial charge is 0.0314 e. The standard InChI is InChI=1S/C10H19N/c1-8-6-7-11(9(8)2)10(3,4)5/h8H,2,6-7H2,1,3-5H3. The Hall–Kier alpha value is -0.460. The summed E-state index contributed by atoms with van der Waals surface area (Å²) in [4.78, 5) is 2.41. The van der Waals surface area contributed by atoms with Crippen LogP contribution in [0.4, 0.5) is 0 Å². The summed E-state index contributed by atoms with van der Waals surface area (Å²) in [5.41, 5.74) is 1.58. The van der Waals surface area contributed by atoms with E-state index in [-0.39, 0.29) is 5.54 Å². The van der Waals surface area contributed by atoms with Crippen molar-refractivity contribution in [3.63, 3.8) is 0 Å². The minimum absolute atomic E-state index is 0.266. The molecule has 0 bridgehead atoms. The SMILES string of the molecule is C=C1C(C)CCN1C(C)(C)C. The van der Waals surface area contributed by atoms with Crippen LogP contribution in [0.15, 0.2) is 12.3 Å². The summed E-state index contributed by atoms with van der Waals surface area (Å²) >= 11 is 0. The molecule has 11 heavy (non-hydrogen) atoms. The fourth-order valence-electron chi connectivity index (χ4n) is 1.67. The first-order chi connectivity index (χ1) is 4.93. The van der Waals surface area contributed by atoms with Crippen LogP contribution in [0.3, 0.4) is 0 Å². The van der Waals surface area contributed by atoms with Gasteiger partial charge in [0.2, 0.25) is 0 Å². The molecule has 0 N–H and O–H groups in total. The van der Waals surface area contributed by atoms with Crippen LogP contribution in [0.2, 0.25) is 0 Å². The monoisotopic (exact) mass is 153 g/mol. The molecule has 0 aromatic rings. The average Bonchev–Trinajstić information content (AvgIpc) is 2.11.